The SMILES string of the molecule is CN1CCCC(C(=O)O)c2cc(Cl)cc(Cl)c21. The second-order valence-corrected chi connectivity index (χ2v) is 5.12. The van der Waals surface area contributed by atoms with E-state index in [-0.39, 0.29) is 0 Å². The summed E-state index contributed by atoms with van der Waals surface area (Å²) in [6, 6.07) is 3.37. The van der Waals surface area contributed by atoms with Crippen LogP contribution in [0.15, 0.2) is 12.1 Å². The Labute approximate surface area is 110 Å². The van der Waals surface area contributed by atoms with Crippen LogP contribution < -0.4 is 4.90 Å². The summed E-state index contributed by atoms with van der Waals surface area (Å²) in [6.45, 7) is 0.804. The maximum atomic E-state index is 11.3. The lowest BCUT2D eigenvalue weighted by Gasteiger charge is -2.22. The molecular weight excluding hydrogens is 261 g/mol. The summed E-state index contributed by atoms with van der Waals surface area (Å²) in [5.74, 6) is -1.34. The maximum Gasteiger partial charge on any atom is 0.311 e. The highest BCUT2D eigenvalue weighted by Gasteiger charge is 2.28. The van der Waals surface area contributed by atoms with E-state index in [4.69, 9.17) is 23.2 Å². The number of carbonyl (C=O) groups is 1. The fourth-order valence-corrected chi connectivity index (χ4v) is 2.96. The lowest BCUT2D eigenvalue weighted by Crippen LogP contribution is -2.18. The van der Waals surface area contributed by atoms with Crippen molar-refractivity contribution in [3.05, 3.63) is 27.7 Å². The number of hydrogen-bond acceptors (Lipinski definition) is 2. The van der Waals surface area contributed by atoms with Crippen molar-refractivity contribution in [1.29, 1.82) is 0 Å². The molecule has 3 nitrogen and oxygen atoms in total. The number of benzene rings is 1. The predicted octanol–water partition coefficient (Wildman–Crippen LogP) is 3.39. The van der Waals surface area contributed by atoms with Crippen molar-refractivity contribution in [3.63, 3.8) is 0 Å². The third-order valence-corrected chi connectivity index (χ3v) is 3.61. The van der Waals surface area contributed by atoms with Crippen LogP contribution in [0.1, 0.15) is 24.3 Å². The minimum Gasteiger partial charge on any atom is -0.481 e. The van der Waals surface area contributed by atoms with Crippen molar-refractivity contribution in [3.8, 4) is 0 Å². The first-order valence-corrected chi connectivity index (χ1v) is 6.19. The molecule has 0 radical (unpaired) electrons. The lowest BCUT2D eigenvalue weighted by molar-refractivity contribution is -0.138. The molecule has 1 atom stereocenters. The van der Waals surface area contributed by atoms with Gasteiger partial charge in [0.15, 0.2) is 0 Å². The van der Waals surface area contributed by atoms with Gasteiger partial charge in [0.05, 0.1) is 16.6 Å². The summed E-state index contributed by atoms with van der Waals surface area (Å²) < 4.78 is 0. The second-order valence-electron chi connectivity index (χ2n) is 4.28. The van der Waals surface area contributed by atoms with Gasteiger partial charge in [-0.05, 0) is 30.5 Å². The van der Waals surface area contributed by atoms with Crippen LogP contribution in [-0.4, -0.2) is 24.7 Å². The Morgan fingerprint density at radius 3 is 2.82 bits per heavy atom. The van der Waals surface area contributed by atoms with Gasteiger partial charge in [-0.2, -0.15) is 0 Å². The number of rotatable bonds is 1. The molecule has 0 aliphatic carbocycles. The zero-order valence-electron chi connectivity index (χ0n) is 9.41. The van der Waals surface area contributed by atoms with Crippen LogP contribution in [0.25, 0.3) is 0 Å². The summed E-state index contributed by atoms with van der Waals surface area (Å²) >= 11 is 12.1. The van der Waals surface area contributed by atoms with E-state index in [2.05, 4.69) is 0 Å². The molecule has 1 unspecified atom stereocenters. The molecule has 0 saturated carbocycles. The van der Waals surface area contributed by atoms with Gasteiger partial charge in [0.2, 0.25) is 0 Å². The zero-order chi connectivity index (χ0) is 12.6. The molecule has 1 aromatic carbocycles. The Bertz CT molecular complexity index is 462. The van der Waals surface area contributed by atoms with E-state index in [0.29, 0.717) is 16.5 Å². The van der Waals surface area contributed by atoms with Gasteiger partial charge in [0.25, 0.3) is 0 Å². The fraction of sp³-hybridized carbons (Fsp3) is 0.417. The van der Waals surface area contributed by atoms with Crippen LogP contribution in [0, 0.1) is 0 Å². The summed E-state index contributed by atoms with van der Waals surface area (Å²) in [5, 5.41) is 10.3. The third-order valence-electron chi connectivity index (χ3n) is 3.10. The molecule has 0 aromatic heterocycles. The van der Waals surface area contributed by atoms with Crippen molar-refractivity contribution >= 4 is 34.9 Å². The van der Waals surface area contributed by atoms with Gasteiger partial charge in [0, 0.05) is 18.6 Å². The minimum absolute atomic E-state index is 0.482. The van der Waals surface area contributed by atoms with Crippen molar-refractivity contribution in [2.24, 2.45) is 0 Å². The maximum absolute atomic E-state index is 11.3. The number of carboxylic acids is 1. The van der Waals surface area contributed by atoms with Gasteiger partial charge in [-0.1, -0.05) is 23.2 Å². The molecular formula is C12H13Cl2NO2. The molecule has 92 valence electrons. The average Bonchev–Trinajstić information content (AvgIpc) is 2.37. The van der Waals surface area contributed by atoms with E-state index in [1.165, 1.54) is 0 Å². The molecule has 0 fully saturated rings. The number of hydrogen-bond donors (Lipinski definition) is 1. The highest BCUT2D eigenvalue weighted by atomic mass is 35.5. The van der Waals surface area contributed by atoms with E-state index in [1.54, 1.807) is 12.1 Å². The van der Waals surface area contributed by atoms with Gasteiger partial charge in [-0.25, -0.2) is 0 Å². The zero-order valence-corrected chi connectivity index (χ0v) is 10.9. The van der Waals surface area contributed by atoms with E-state index in [1.807, 2.05) is 11.9 Å². The van der Waals surface area contributed by atoms with E-state index in [9.17, 15) is 9.90 Å². The molecule has 1 aromatic rings. The number of nitrogens with zero attached hydrogens (tertiary/aromatic N) is 1. The van der Waals surface area contributed by atoms with Crippen molar-refractivity contribution in [2.45, 2.75) is 18.8 Å². The Balaban J connectivity index is 2.62. The molecule has 1 heterocycles. The Morgan fingerprint density at radius 2 is 2.18 bits per heavy atom. The fourth-order valence-electron chi connectivity index (χ4n) is 2.31. The molecule has 17 heavy (non-hydrogen) atoms. The van der Waals surface area contributed by atoms with Crippen LogP contribution in [0.3, 0.4) is 0 Å². The monoisotopic (exact) mass is 273 g/mol. The number of aliphatic carboxylic acids is 1. The first-order chi connectivity index (χ1) is 8.00. The van der Waals surface area contributed by atoms with Gasteiger partial charge in [-0.15, -0.1) is 0 Å². The number of carboxylic acid groups (broad SMARTS) is 1. The molecule has 0 bridgehead atoms. The van der Waals surface area contributed by atoms with Crippen molar-refractivity contribution in [1.82, 2.24) is 0 Å². The number of anilines is 1. The smallest absolute Gasteiger partial charge is 0.311 e. The molecule has 1 N–H and O–H groups in total. The normalized spacial score (nSPS) is 19.7. The highest BCUT2D eigenvalue weighted by molar-refractivity contribution is 6.36. The van der Waals surface area contributed by atoms with Crippen LogP contribution in [0.4, 0.5) is 5.69 Å². The van der Waals surface area contributed by atoms with Crippen LogP contribution in [0.5, 0.6) is 0 Å². The highest BCUT2D eigenvalue weighted by Crippen LogP contribution is 2.40. The van der Waals surface area contributed by atoms with Crippen molar-refractivity contribution < 1.29 is 9.90 Å². The standard InChI is InChI=1S/C12H13Cl2NO2/c1-15-4-2-3-8(12(16)17)9-5-7(13)6-10(14)11(9)15/h5-6,8H,2-4H2,1H3,(H,16,17). The van der Waals surface area contributed by atoms with Crippen molar-refractivity contribution in [2.75, 3.05) is 18.5 Å². The second kappa shape index (κ2) is 4.75. The summed E-state index contributed by atoms with van der Waals surface area (Å²) in [4.78, 5) is 13.3. The molecule has 0 spiro atoms. The molecule has 2 rings (SSSR count). The molecule has 0 amide bonds. The topological polar surface area (TPSA) is 40.5 Å². The Kier molecular flexibility index (Phi) is 3.50. The number of fused-ring (bicyclic) bond motifs is 1. The molecule has 1 aliphatic heterocycles. The summed E-state index contributed by atoms with van der Waals surface area (Å²) in [6.07, 6.45) is 1.44. The summed E-state index contributed by atoms with van der Waals surface area (Å²) in [5.41, 5.74) is 1.51. The quantitative estimate of drug-likeness (QED) is 0.853. The predicted molar refractivity (Wildman–Crippen MR) is 69.3 cm³/mol. The van der Waals surface area contributed by atoms with E-state index < -0.39 is 11.9 Å². The van der Waals surface area contributed by atoms with Gasteiger partial charge in [0.1, 0.15) is 0 Å². The van der Waals surface area contributed by atoms with Gasteiger partial charge < -0.3 is 10.0 Å². The van der Waals surface area contributed by atoms with Crippen LogP contribution in [0.2, 0.25) is 10.0 Å². The third kappa shape index (κ3) is 2.35. The van der Waals surface area contributed by atoms with Crippen LogP contribution >= 0.6 is 23.2 Å². The minimum atomic E-state index is -0.820. The Hall–Kier alpha value is -0.930. The largest absolute Gasteiger partial charge is 0.481 e. The van der Waals surface area contributed by atoms with E-state index in [0.717, 1.165) is 24.2 Å². The molecule has 0 saturated heterocycles. The molecule has 1 aliphatic rings. The average molecular weight is 274 g/mol. The van der Waals surface area contributed by atoms with E-state index >= 15 is 0 Å². The van der Waals surface area contributed by atoms with Crippen LogP contribution in [-0.2, 0) is 4.79 Å². The van der Waals surface area contributed by atoms with Gasteiger partial charge >= 0.3 is 5.97 Å². The first-order valence-electron chi connectivity index (χ1n) is 5.43. The van der Waals surface area contributed by atoms with Gasteiger partial charge in [-0.3, -0.25) is 4.79 Å². The first kappa shape index (κ1) is 12.5. The summed E-state index contributed by atoms with van der Waals surface area (Å²) in [7, 11) is 1.92. The Morgan fingerprint density at radius 1 is 1.47 bits per heavy atom. The number of halogens is 2. The molecule has 5 heteroatoms. The lowest BCUT2D eigenvalue weighted by atomic mass is 9.94.